The summed E-state index contributed by atoms with van der Waals surface area (Å²) < 4.78 is 4.69. The number of rotatable bonds is 7. The van der Waals surface area contributed by atoms with Crippen LogP contribution >= 0.6 is 0 Å². The molecule has 1 aliphatic heterocycles. The Kier molecular flexibility index (Phi) is 5.95. The molecule has 2 N–H and O–H groups in total. The summed E-state index contributed by atoms with van der Waals surface area (Å²) in [5, 5.41) is 22.2. The molecule has 0 unspecified atom stereocenters. The van der Waals surface area contributed by atoms with Gasteiger partial charge in [-0.05, 0) is 17.9 Å². The lowest BCUT2D eigenvalue weighted by atomic mass is 9.86. The van der Waals surface area contributed by atoms with Gasteiger partial charge in [-0.15, -0.1) is 0 Å². The fraction of sp³-hybridized carbons (Fsp3) is 0.833. The van der Waals surface area contributed by atoms with E-state index in [2.05, 4.69) is 10.0 Å². The summed E-state index contributed by atoms with van der Waals surface area (Å²) in [4.78, 5) is 27.7. The predicted octanol–water partition coefficient (Wildman–Crippen LogP) is -0.183. The van der Waals surface area contributed by atoms with Crippen molar-refractivity contribution in [2.75, 3.05) is 13.7 Å². The number of hydrogen-bond donors (Lipinski definition) is 2. The minimum Gasteiger partial charge on any atom is -0.467 e. The first-order valence-electron chi connectivity index (χ1n) is 6.62. The third kappa shape index (κ3) is 3.44. The van der Waals surface area contributed by atoms with E-state index in [4.69, 9.17) is 15.4 Å². The monoisotopic (exact) mass is 300 g/mol. The number of methoxy groups -OCH3 is 1. The van der Waals surface area contributed by atoms with E-state index in [1.807, 2.05) is 13.8 Å². The van der Waals surface area contributed by atoms with Crippen molar-refractivity contribution in [3.8, 4) is 0 Å². The standard InChI is InChI=1S/C12H20N4O5/c1-6(2)4-7(12(20)21-3)16-10(8(18)5-17)9(11(16)19)14-15-13/h6-10,17-18H,4-5H2,1-3H3/t7-,8+,9+,10-/m0/s1. The van der Waals surface area contributed by atoms with E-state index in [1.54, 1.807) is 0 Å². The van der Waals surface area contributed by atoms with E-state index in [9.17, 15) is 14.7 Å². The van der Waals surface area contributed by atoms with Gasteiger partial charge in [0.25, 0.3) is 0 Å². The molecule has 0 aromatic carbocycles. The van der Waals surface area contributed by atoms with E-state index in [-0.39, 0.29) is 5.92 Å². The van der Waals surface area contributed by atoms with E-state index in [1.165, 1.54) is 7.11 Å². The average molecular weight is 300 g/mol. The molecule has 1 rings (SSSR count). The van der Waals surface area contributed by atoms with E-state index in [0.717, 1.165) is 4.90 Å². The van der Waals surface area contributed by atoms with Gasteiger partial charge in [0.2, 0.25) is 5.91 Å². The largest absolute Gasteiger partial charge is 0.467 e. The van der Waals surface area contributed by atoms with Crippen molar-refractivity contribution < 1.29 is 24.5 Å². The van der Waals surface area contributed by atoms with Gasteiger partial charge >= 0.3 is 5.97 Å². The highest BCUT2D eigenvalue weighted by atomic mass is 16.5. The van der Waals surface area contributed by atoms with Gasteiger partial charge in [-0.25, -0.2) is 4.79 Å². The summed E-state index contributed by atoms with van der Waals surface area (Å²) in [5.74, 6) is -1.06. The number of aliphatic hydroxyl groups excluding tert-OH is 2. The van der Waals surface area contributed by atoms with Crippen LogP contribution in [0.2, 0.25) is 0 Å². The molecule has 0 bridgehead atoms. The van der Waals surface area contributed by atoms with Crippen molar-refractivity contribution >= 4 is 11.9 Å². The molecule has 1 heterocycles. The highest BCUT2D eigenvalue weighted by molar-refractivity contribution is 5.94. The number of azide groups is 1. The minimum atomic E-state index is -1.29. The molecule has 0 saturated carbocycles. The number of ether oxygens (including phenoxy) is 1. The molecule has 0 spiro atoms. The summed E-state index contributed by atoms with van der Waals surface area (Å²) in [5.41, 5.74) is 8.47. The number of hydrogen-bond acceptors (Lipinski definition) is 6. The molecule has 118 valence electrons. The van der Waals surface area contributed by atoms with Crippen molar-refractivity contribution in [2.45, 2.75) is 44.5 Å². The van der Waals surface area contributed by atoms with Gasteiger partial charge in [-0.3, -0.25) is 4.79 Å². The van der Waals surface area contributed by atoms with Crippen LogP contribution < -0.4 is 0 Å². The van der Waals surface area contributed by atoms with Gasteiger partial charge in [-0.1, -0.05) is 19.0 Å². The zero-order valence-electron chi connectivity index (χ0n) is 12.2. The Labute approximate surface area is 122 Å². The van der Waals surface area contributed by atoms with Crippen molar-refractivity contribution in [2.24, 2.45) is 11.0 Å². The molecule has 9 heteroatoms. The number of amides is 1. The van der Waals surface area contributed by atoms with Crippen LogP contribution in [0.5, 0.6) is 0 Å². The normalized spacial score (nSPS) is 24.1. The molecule has 1 saturated heterocycles. The second kappa shape index (κ2) is 7.26. The molecule has 0 aliphatic carbocycles. The van der Waals surface area contributed by atoms with Gasteiger partial charge in [0.05, 0.1) is 25.9 Å². The highest BCUT2D eigenvalue weighted by Crippen LogP contribution is 2.31. The first kappa shape index (κ1) is 17.2. The molecular weight excluding hydrogens is 280 g/mol. The Morgan fingerprint density at radius 1 is 1.57 bits per heavy atom. The number of aliphatic hydroxyl groups is 2. The quantitative estimate of drug-likeness (QED) is 0.221. The second-order valence-electron chi connectivity index (χ2n) is 5.30. The Hall–Kier alpha value is -1.83. The molecule has 0 aromatic heterocycles. The lowest BCUT2D eigenvalue weighted by Gasteiger charge is -2.50. The van der Waals surface area contributed by atoms with Crippen LogP contribution in [0.25, 0.3) is 10.4 Å². The van der Waals surface area contributed by atoms with Crippen LogP contribution in [-0.4, -0.2) is 64.9 Å². The van der Waals surface area contributed by atoms with Crippen LogP contribution in [0, 0.1) is 5.92 Å². The molecular formula is C12H20N4O5. The minimum absolute atomic E-state index is 0.104. The van der Waals surface area contributed by atoms with Crippen molar-refractivity contribution in [3.05, 3.63) is 10.4 Å². The van der Waals surface area contributed by atoms with Crippen LogP contribution in [0.3, 0.4) is 0 Å². The number of likely N-dealkylation sites (tertiary alicyclic amines) is 1. The smallest absolute Gasteiger partial charge is 0.328 e. The van der Waals surface area contributed by atoms with Crippen LogP contribution in [0.1, 0.15) is 20.3 Å². The van der Waals surface area contributed by atoms with Crippen molar-refractivity contribution in [1.82, 2.24) is 4.90 Å². The second-order valence-corrected chi connectivity index (χ2v) is 5.30. The predicted molar refractivity (Wildman–Crippen MR) is 71.9 cm³/mol. The average Bonchev–Trinajstić information content (AvgIpc) is 2.46. The van der Waals surface area contributed by atoms with E-state index < -0.39 is 42.7 Å². The Bertz CT molecular complexity index is 449. The maximum Gasteiger partial charge on any atom is 0.328 e. The first-order valence-corrected chi connectivity index (χ1v) is 6.62. The number of esters is 1. The lowest BCUT2D eigenvalue weighted by Crippen LogP contribution is -2.72. The molecule has 1 amide bonds. The number of carbonyl (C=O) groups is 2. The summed E-state index contributed by atoms with van der Waals surface area (Å²) >= 11 is 0. The highest BCUT2D eigenvalue weighted by Gasteiger charge is 2.54. The van der Waals surface area contributed by atoms with Crippen LogP contribution in [0.4, 0.5) is 0 Å². The van der Waals surface area contributed by atoms with Crippen LogP contribution in [0.15, 0.2) is 5.11 Å². The fourth-order valence-corrected chi connectivity index (χ4v) is 2.46. The summed E-state index contributed by atoms with van der Waals surface area (Å²) in [6.07, 6.45) is -0.951. The van der Waals surface area contributed by atoms with E-state index in [0.29, 0.717) is 6.42 Å². The van der Waals surface area contributed by atoms with Crippen molar-refractivity contribution in [3.63, 3.8) is 0 Å². The maximum absolute atomic E-state index is 12.1. The first-order chi connectivity index (χ1) is 9.88. The van der Waals surface area contributed by atoms with Gasteiger partial charge in [0.1, 0.15) is 12.1 Å². The SMILES string of the molecule is COC(=O)[C@H](CC(C)C)N1C(=O)[C@H](N=[N+]=[N-])[C@@H]1[C@H](O)CO. The lowest BCUT2D eigenvalue weighted by molar-refractivity contribution is -0.174. The molecule has 0 radical (unpaired) electrons. The summed E-state index contributed by atoms with van der Waals surface area (Å²) in [7, 11) is 1.21. The number of nitrogens with zero attached hydrogens (tertiary/aromatic N) is 4. The Morgan fingerprint density at radius 3 is 2.62 bits per heavy atom. The van der Waals surface area contributed by atoms with Gasteiger partial charge in [0, 0.05) is 4.91 Å². The van der Waals surface area contributed by atoms with E-state index >= 15 is 0 Å². The number of carbonyl (C=O) groups excluding carboxylic acids is 2. The third-order valence-corrected chi connectivity index (χ3v) is 3.41. The molecule has 9 nitrogen and oxygen atoms in total. The summed E-state index contributed by atoms with van der Waals surface area (Å²) in [6.45, 7) is 3.15. The Balaban J connectivity index is 3.07. The fourth-order valence-electron chi connectivity index (χ4n) is 2.46. The van der Waals surface area contributed by atoms with Gasteiger partial charge < -0.3 is 19.8 Å². The Morgan fingerprint density at radius 2 is 2.19 bits per heavy atom. The molecule has 1 aliphatic rings. The van der Waals surface area contributed by atoms with Crippen molar-refractivity contribution in [1.29, 1.82) is 0 Å². The van der Waals surface area contributed by atoms with Crippen LogP contribution in [-0.2, 0) is 14.3 Å². The maximum atomic E-state index is 12.1. The molecule has 21 heavy (non-hydrogen) atoms. The van der Waals surface area contributed by atoms with Gasteiger partial charge in [-0.2, -0.15) is 0 Å². The molecule has 1 fully saturated rings. The molecule has 0 aromatic rings. The number of β-lactam (4-membered cyclic amide) rings is 1. The topological polar surface area (TPSA) is 136 Å². The molecule has 4 atom stereocenters. The zero-order chi connectivity index (χ0) is 16.2. The zero-order valence-corrected chi connectivity index (χ0v) is 12.2. The van der Waals surface area contributed by atoms with Gasteiger partial charge in [0.15, 0.2) is 0 Å². The summed E-state index contributed by atoms with van der Waals surface area (Å²) in [6, 6.07) is -2.92. The third-order valence-electron chi connectivity index (χ3n) is 3.41.